The Kier molecular flexibility index (Phi) is 4.45. The molecule has 0 radical (unpaired) electrons. The number of hydrogen-bond acceptors (Lipinski definition) is 6. The van der Waals surface area contributed by atoms with Gasteiger partial charge in [-0.05, 0) is 32.6 Å². The summed E-state index contributed by atoms with van der Waals surface area (Å²) >= 11 is 1.72. The average Bonchev–Trinajstić information content (AvgIpc) is 2.86. The number of thiazole rings is 1. The Hall–Kier alpha value is -1.53. The van der Waals surface area contributed by atoms with E-state index in [4.69, 9.17) is 0 Å². The molecular formula is C15H20N4OS. The van der Waals surface area contributed by atoms with Crippen LogP contribution in [-0.2, 0) is 6.42 Å². The molecule has 2 heterocycles. The second-order valence-electron chi connectivity index (χ2n) is 5.54. The van der Waals surface area contributed by atoms with Crippen LogP contribution in [-0.4, -0.2) is 32.7 Å². The summed E-state index contributed by atoms with van der Waals surface area (Å²) in [6, 6.07) is 2.01. The number of rotatable bonds is 6. The molecule has 1 saturated carbocycles. The number of aryl methyl sites for hydroxylation is 2. The minimum absolute atomic E-state index is 0.149. The molecule has 0 aromatic carbocycles. The molecule has 0 amide bonds. The molecule has 21 heavy (non-hydrogen) atoms. The van der Waals surface area contributed by atoms with Gasteiger partial charge in [0.25, 0.3) is 0 Å². The zero-order valence-electron chi connectivity index (χ0n) is 12.1. The summed E-state index contributed by atoms with van der Waals surface area (Å²) in [6.45, 7) is 2.95. The van der Waals surface area contributed by atoms with Crippen LogP contribution in [0.1, 0.15) is 41.4 Å². The van der Waals surface area contributed by atoms with E-state index in [0.717, 1.165) is 49.4 Å². The number of anilines is 1. The molecule has 0 spiro atoms. The van der Waals surface area contributed by atoms with E-state index in [0.29, 0.717) is 5.92 Å². The first-order chi connectivity index (χ1) is 10.2. The highest BCUT2D eigenvalue weighted by molar-refractivity contribution is 7.09. The highest BCUT2D eigenvalue weighted by Gasteiger charge is 2.29. The van der Waals surface area contributed by atoms with Crippen molar-refractivity contribution in [3.63, 3.8) is 0 Å². The fourth-order valence-electron chi connectivity index (χ4n) is 2.55. The van der Waals surface area contributed by atoms with Crippen molar-refractivity contribution in [2.45, 2.75) is 44.6 Å². The van der Waals surface area contributed by atoms with Gasteiger partial charge < -0.3 is 10.4 Å². The van der Waals surface area contributed by atoms with Gasteiger partial charge in [0.15, 0.2) is 0 Å². The molecule has 1 aliphatic rings. The van der Waals surface area contributed by atoms with Crippen molar-refractivity contribution in [1.29, 1.82) is 0 Å². The predicted molar refractivity (Wildman–Crippen MR) is 83.7 cm³/mol. The molecular weight excluding hydrogens is 284 g/mol. The first-order valence-electron chi connectivity index (χ1n) is 7.35. The van der Waals surface area contributed by atoms with Gasteiger partial charge in [-0.15, -0.1) is 11.3 Å². The fraction of sp³-hybridized carbons (Fsp3) is 0.533. The molecule has 0 bridgehead atoms. The smallest absolute Gasteiger partial charge is 0.129 e. The lowest BCUT2D eigenvalue weighted by Gasteiger charge is -2.30. The van der Waals surface area contributed by atoms with Crippen LogP contribution in [0.5, 0.6) is 0 Å². The topological polar surface area (TPSA) is 70.9 Å². The van der Waals surface area contributed by atoms with E-state index in [1.807, 2.05) is 11.6 Å². The molecule has 2 aromatic rings. The molecule has 3 rings (SSSR count). The van der Waals surface area contributed by atoms with E-state index >= 15 is 0 Å². The Balaban J connectivity index is 1.47. The number of aromatic nitrogens is 3. The van der Waals surface area contributed by atoms with Crippen LogP contribution < -0.4 is 5.32 Å². The zero-order chi connectivity index (χ0) is 14.7. The lowest BCUT2D eigenvalue weighted by Crippen LogP contribution is -2.27. The van der Waals surface area contributed by atoms with Crippen molar-refractivity contribution in [2.75, 3.05) is 11.9 Å². The maximum absolute atomic E-state index is 9.37. The lowest BCUT2D eigenvalue weighted by molar-refractivity contribution is 0.0732. The molecule has 0 atom stereocenters. The zero-order valence-corrected chi connectivity index (χ0v) is 12.9. The molecule has 1 fully saturated rings. The van der Waals surface area contributed by atoms with Gasteiger partial charge in [-0.2, -0.15) is 0 Å². The van der Waals surface area contributed by atoms with Crippen molar-refractivity contribution in [3.8, 4) is 0 Å². The lowest BCUT2D eigenvalue weighted by atomic mass is 9.80. The second-order valence-corrected chi connectivity index (χ2v) is 6.48. The average molecular weight is 304 g/mol. The molecule has 0 unspecified atom stereocenters. The van der Waals surface area contributed by atoms with Crippen LogP contribution in [0.2, 0.25) is 0 Å². The van der Waals surface area contributed by atoms with Crippen LogP contribution in [0.4, 0.5) is 5.82 Å². The van der Waals surface area contributed by atoms with Gasteiger partial charge in [0.05, 0.1) is 17.3 Å². The maximum atomic E-state index is 9.37. The summed E-state index contributed by atoms with van der Waals surface area (Å²) in [4.78, 5) is 14.2. The van der Waals surface area contributed by atoms with Gasteiger partial charge in [0.1, 0.15) is 12.1 Å². The highest BCUT2D eigenvalue weighted by atomic mass is 32.1. The third kappa shape index (κ3) is 3.57. The van der Waals surface area contributed by atoms with E-state index < -0.39 is 0 Å². The summed E-state index contributed by atoms with van der Waals surface area (Å²) in [6.07, 6.45) is 5.21. The molecule has 2 aromatic heterocycles. The number of hydrogen-bond donors (Lipinski definition) is 2. The van der Waals surface area contributed by atoms with Gasteiger partial charge in [0.2, 0.25) is 0 Å². The Morgan fingerprint density at radius 2 is 2.19 bits per heavy atom. The fourth-order valence-corrected chi connectivity index (χ4v) is 3.38. The number of nitrogens with zero attached hydrogens (tertiary/aromatic N) is 3. The summed E-state index contributed by atoms with van der Waals surface area (Å²) in [5.41, 5.74) is 4.09. The minimum Gasteiger partial charge on any atom is -0.393 e. The number of aliphatic hydroxyl groups excluding tert-OH is 1. The molecule has 2 N–H and O–H groups in total. The van der Waals surface area contributed by atoms with Crippen LogP contribution in [0.15, 0.2) is 17.9 Å². The summed E-state index contributed by atoms with van der Waals surface area (Å²) < 4.78 is 0. The third-order valence-electron chi connectivity index (χ3n) is 3.95. The van der Waals surface area contributed by atoms with E-state index in [9.17, 15) is 5.11 Å². The minimum atomic E-state index is -0.149. The second kappa shape index (κ2) is 6.49. The van der Waals surface area contributed by atoms with Crippen molar-refractivity contribution < 1.29 is 5.11 Å². The largest absolute Gasteiger partial charge is 0.393 e. The van der Waals surface area contributed by atoms with Gasteiger partial charge in [0, 0.05) is 29.1 Å². The van der Waals surface area contributed by atoms with Crippen LogP contribution in [0, 0.1) is 6.92 Å². The molecule has 1 aliphatic carbocycles. The Bertz CT molecular complexity index is 595. The quantitative estimate of drug-likeness (QED) is 0.802. The van der Waals surface area contributed by atoms with Crippen LogP contribution >= 0.6 is 11.3 Å². The summed E-state index contributed by atoms with van der Waals surface area (Å²) in [5.74, 6) is 1.27. The van der Waals surface area contributed by atoms with Crippen molar-refractivity contribution in [1.82, 2.24) is 15.0 Å². The molecule has 5 nitrogen and oxygen atoms in total. The van der Waals surface area contributed by atoms with Gasteiger partial charge >= 0.3 is 0 Å². The highest BCUT2D eigenvalue weighted by Crippen LogP contribution is 2.35. The molecule has 0 saturated heterocycles. The molecule has 6 heteroatoms. The van der Waals surface area contributed by atoms with Gasteiger partial charge in [-0.3, -0.25) is 0 Å². The molecule has 0 aliphatic heterocycles. The summed E-state index contributed by atoms with van der Waals surface area (Å²) in [7, 11) is 0. The van der Waals surface area contributed by atoms with Crippen molar-refractivity contribution in [2.24, 2.45) is 0 Å². The molecule has 112 valence electrons. The van der Waals surface area contributed by atoms with Gasteiger partial charge in [-0.1, -0.05) is 0 Å². The Morgan fingerprint density at radius 3 is 2.90 bits per heavy atom. The standard InChI is InChI=1S/C15H20N4OS/c1-10-14(21-9-19-10)3-2-4-16-15-7-13(17-8-18-15)11-5-12(20)6-11/h7-9,11-12,20H,2-6H2,1H3,(H,16,17,18). The predicted octanol–water partition coefficient (Wildman–Crippen LogP) is 2.52. The monoisotopic (exact) mass is 304 g/mol. The van der Waals surface area contributed by atoms with Crippen molar-refractivity contribution >= 4 is 17.2 Å². The van der Waals surface area contributed by atoms with Crippen LogP contribution in [0.3, 0.4) is 0 Å². The van der Waals surface area contributed by atoms with E-state index in [2.05, 4.69) is 27.2 Å². The number of aliphatic hydroxyl groups is 1. The maximum Gasteiger partial charge on any atom is 0.129 e. The number of nitrogens with one attached hydrogen (secondary N) is 1. The van der Waals surface area contributed by atoms with E-state index in [1.165, 1.54) is 4.88 Å². The van der Waals surface area contributed by atoms with E-state index in [1.54, 1.807) is 17.7 Å². The summed E-state index contributed by atoms with van der Waals surface area (Å²) in [5, 5.41) is 12.7. The first-order valence-corrected chi connectivity index (χ1v) is 8.23. The normalized spacial score (nSPS) is 21.0. The van der Waals surface area contributed by atoms with Gasteiger partial charge in [-0.25, -0.2) is 15.0 Å². The van der Waals surface area contributed by atoms with E-state index in [-0.39, 0.29) is 6.10 Å². The SMILES string of the molecule is Cc1ncsc1CCCNc1cc(C2CC(O)C2)ncn1. The van der Waals surface area contributed by atoms with Crippen LogP contribution in [0.25, 0.3) is 0 Å². The first kappa shape index (κ1) is 14.4. The van der Waals surface area contributed by atoms with Crippen molar-refractivity contribution in [3.05, 3.63) is 34.2 Å². The Morgan fingerprint density at radius 1 is 1.33 bits per heavy atom. The Labute approximate surface area is 128 Å². The third-order valence-corrected chi connectivity index (χ3v) is 4.95.